The number of hydrogen-bond donors (Lipinski definition) is 1. The highest BCUT2D eigenvalue weighted by molar-refractivity contribution is 6.32. The van der Waals surface area contributed by atoms with E-state index in [9.17, 15) is 4.79 Å². The first-order valence-corrected chi connectivity index (χ1v) is 7.03. The van der Waals surface area contributed by atoms with Crippen molar-refractivity contribution in [3.05, 3.63) is 52.7 Å². The highest BCUT2D eigenvalue weighted by Crippen LogP contribution is 2.48. The monoisotopic (exact) mass is 303 g/mol. The van der Waals surface area contributed by atoms with Gasteiger partial charge < -0.3 is 9.84 Å². The number of hydrogen-bond acceptors (Lipinski definition) is 3. The van der Waals surface area contributed by atoms with E-state index in [0.717, 1.165) is 0 Å². The fraction of sp³-hybridized carbons (Fsp3) is 0.250. The van der Waals surface area contributed by atoms with E-state index in [4.69, 9.17) is 21.4 Å². The maximum atomic E-state index is 10.8. The van der Waals surface area contributed by atoms with Crippen LogP contribution in [0.3, 0.4) is 0 Å². The molecule has 1 aromatic heterocycles. The van der Waals surface area contributed by atoms with Crippen molar-refractivity contribution in [1.82, 2.24) is 4.98 Å². The molecule has 1 heterocycles. The maximum absolute atomic E-state index is 10.8. The average molecular weight is 304 g/mol. The molecular formula is C16H14ClNO3. The van der Waals surface area contributed by atoms with Gasteiger partial charge in [0.1, 0.15) is 5.75 Å². The number of aromatic nitrogens is 1. The minimum absolute atomic E-state index is 0.116. The largest absolute Gasteiger partial charge is 0.478 e. The van der Waals surface area contributed by atoms with E-state index >= 15 is 0 Å². The molecule has 0 atom stereocenters. The molecular weight excluding hydrogens is 290 g/mol. The van der Waals surface area contributed by atoms with Gasteiger partial charge in [-0.15, -0.1) is 0 Å². The van der Waals surface area contributed by atoms with E-state index in [1.807, 2.05) is 18.2 Å². The lowest BCUT2D eigenvalue weighted by Crippen LogP contribution is -2.00. The number of aromatic carboxylic acids is 1. The van der Waals surface area contributed by atoms with Crippen molar-refractivity contribution in [3.63, 3.8) is 0 Å². The van der Waals surface area contributed by atoms with Crippen LogP contribution < -0.4 is 4.74 Å². The summed E-state index contributed by atoms with van der Waals surface area (Å²) in [6, 6.07) is 8.72. The number of benzene rings is 1. The van der Waals surface area contributed by atoms with Gasteiger partial charge in [0.25, 0.3) is 0 Å². The van der Waals surface area contributed by atoms with Crippen molar-refractivity contribution in [2.45, 2.75) is 25.2 Å². The van der Waals surface area contributed by atoms with Gasteiger partial charge in [-0.2, -0.15) is 0 Å². The number of ether oxygens (including phenoxy) is 1. The summed E-state index contributed by atoms with van der Waals surface area (Å²) in [6.45, 7) is 2.21. The third-order valence-electron chi connectivity index (χ3n) is 3.83. The zero-order valence-electron chi connectivity index (χ0n) is 11.5. The Morgan fingerprint density at radius 3 is 2.62 bits per heavy atom. The third kappa shape index (κ3) is 2.85. The lowest BCUT2D eigenvalue weighted by molar-refractivity contribution is 0.0696. The molecule has 5 heteroatoms. The first kappa shape index (κ1) is 13.9. The second-order valence-electron chi connectivity index (χ2n) is 5.50. The molecule has 21 heavy (non-hydrogen) atoms. The highest BCUT2D eigenvalue weighted by atomic mass is 35.5. The lowest BCUT2D eigenvalue weighted by atomic mass is 9.98. The van der Waals surface area contributed by atoms with E-state index in [0.29, 0.717) is 16.7 Å². The van der Waals surface area contributed by atoms with Crippen LogP contribution in [0.15, 0.2) is 36.5 Å². The number of pyridine rings is 1. The molecule has 1 saturated carbocycles. The van der Waals surface area contributed by atoms with Crippen molar-refractivity contribution in [3.8, 4) is 11.6 Å². The molecule has 1 aliphatic rings. The van der Waals surface area contributed by atoms with E-state index in [2.05, 4.69) is 11.9 Å². The standard InChI is InChI=1S/C16H14ClNO3/c1-16(6-7-16)11-3-4-13(12(17)8-11)21-14-5-2-10(9-18-14)15(19)20/h2-5,8-9H,6-7H2,1H3,(H,19,20). The molecule has 3 rings (SSSR count). The Morgan fingerprint density at radius 1 is 1.33 bits per heavy atom. The fourth-order valence-corrected chi connectivity index (χ4v) is 2.33. The molecule has 0 aliphatic heterocycles. The summed E-state index contributed by atoms with van der Waals surface area (Å²) in [5, 5.41) is 9.35. The van der Waals surface area contributed by atoms with Gasteiger partial charge in [0.05, 0.1) is 10.6 Å². The fourth-order valence-electron chi connectivity index (χ4n) is 2.12. The van der Waals surface area contributed by atoms with Crippen molar-refractivity contribution >= 4 is 17.6 Å². The molecule has 1 aliphatic carbocycles. The van der Waals surface area contributed by atoms with Gasteiger partial charge >= 0.3 is 5.97 Å². The van der Waals surface area contributed by atoms with Crippen molar-refractivity contribution in [2.75, 3.05) is 0 Å². The Bertz CT molecular complexity index is 693. The van der Waals surface area contributed by atoms with Gasteiger partial charge in [-0.1, -0.05) is 24.6 Å². The molecule has 0 unspecified atom stereocenters. The molecule has 1 aromatic carbocycles. The minimum Gasteiger partial charge on any atom is -0.478 e. The Hall–Kier alpha value is -2.07. The normalized spacial score (nSPS) is 15.5. The number of carboxylic acid groups (broad SMARTS) is 1. The van der Waals surface area contributed by atoms with Crippen molar-refractivity contribution in [2.24, 2.45) is 0 Å². The van der Waals surface area contributed by atoms with Crippen LogP contribution in [0.5, 0.6) is 11.6 Å². The second kappa shape index (κ2) is 5.04. The van der Waals surface area contributed by atoms with Crippen LogP contribution >= 0.6 is 11.6 Å². The molecule has 0 bridgehead atoms. The molecule has 0 saturated heterocycles. The summed E-state index contributed by atoms with van der Waals surface area (Å²) < 4.78 is 5.60. The number of halogens is 1. The highest BCUT2D eigenvalue weighted by Gasteiger charge is 2.39. The Balaban J connectivity index is 1.79. The van der Waals surface area contributed by atoms with Crippen molar-refractivity contribution < 1.29 is 14.6 Å². The van der Waals surface area contributed by atoms with Gasteiger partial charge in [0, 0.05) is 12.3 Å². The summed E-state index contributed by atoms with van der Waals surface area (Å²) in [6.07, 6.45) is 3.62. The Labute approximate surface area is 127 Å². The molecule has 0 radical (unpaired) electrons. The first-order chi connectivity index (χ1) is 9.98. The van der Waals surface area contributed by atoms with Gasteiger partial charge in [-0.05, 0) is 42.0 Å². The van der Waals surface area contributed by atoms with E-state index in [1.165, 1.54) is 36.7 Å². The number of carboxylic acids is 1. The number of carbonyl (C=O) groups is 1. The predicted octanol–water partition coefficient (Wildman–Crippen LogP) is 4.28. The predicted molar refractivity (Wildman–Crippen MR) is 79.3 cm³/mol. The number of nitrogens with zero attached hydrogens (tertiary/aromatic N) is 1. The average Bonchev–Trinajstić information content (AvgIpc) is 3.21. The minimum atomic E-state index is -1.02. The summed E-state index contributed by atoms with van der Waals surface area (Å²) >= 11 is 6.25. The molecule has 2 aromatic rings. The smallest absolute Gasteiger partial charge is 0.337 e. The van der Waals surface area contributed by atoms with Gasteiger partial charge in [0.2, 0.25) is 5.88 Å². The van der Waals surface area contributed by atoms with Crippen LogP contribution in [0.1, 0.15) is 35.7 Å². The number of rotatable bonds is 4. The second-order valence-corrected chi connectivity index (χ2v) is 5.91. The van der Waals surface area contributed by atoms with Crippen LogP contribution in [0, 0.1) is 0 Å². The molecule has 1 fully saturated rings. The molecule has 0 spiro atoms. The molecule has 108 valence electrons. The third-order valence-corrected chi connectivity index (χ3v) is 4.12. The zero-order valence-corrected chi connectivity index (χ0v) is 12.2. The van der Waals surface area contributed by atoms with Crippen LogP contribution in [0.4, 0.5) is 0 Å². The summed E-state index contributed by atoms with van der Waals surface area (Å²) in [5.41, 5.74) is 1.59. The quantitative estimate of drug-likeness (QED) is 0.916. The summed E-state index contributed by atoms with van der Waals surface area (Å²) in [7, 11) is 0. The lowest BCUT2D eigenvalue weighted by Gasteiger charge is -2.12. The van der Waals surface area contributed by atoms with Crippen molar-refractivity contribution in [1.29, 1.82) is 0 Å². The Morgan fingerprint density at radius 2 is 2.10 bits per heavy atom. The van der Waals surface area contributed by atoms with E-state index < -0.39 is 5.97 Å². The van der Waals surface area contributed by atoms with E-state index in [-0.39, 0.29) is 11.0 Å². The van der Waals surface area contributed by atoms with Crippen LogP contribution in [0.25, 0.3) is 0 Å². The molecule has 4 nitrogen and oxygen atoms in total. The zero-order chi connectivity index (χ0) is 15.0. The summed E-state index contributed by atoms with van der Waals surface area (Å²) in [4.78, 5) is 14.7. The van der Waals surface area contributed by atoms with Crippen LogP contribution in [-0.4, -0.2) is 16.1 Å². The maximum Gasteiger partial charge on any atom is 0.337 e. The first-order valence-electron chi connectivity index (χ1n) is 6.65. The SMILES string of the molecule is CC1(c2ccc(Oc3ccc(C(=O)O)cn3)c(Cl)c2)CC1. The Kier molecular flexibility index (Phi) is 3.33. The van der Waals surface area contributed by atoms with Gasteiger partial charge in [-0.3, -0.25) is 0 Å². The van der Waals surface area contributed by atoms with E-state index in [1.54, 1.807) is 0 Å². The van der Waals surface area contributed by atoms with Crippen LogP contribution in [0.2, 0.25) is 5.02 Å². The topological polar surface area (TPSA) is 59.4 Å². The summed E-state index contributed by atoms with van der Waals surface area (Å²) in [5.74, 6) is -0.193. The molecule has 0 amide bonds. The molecule has 1 N–H and O–H groups in total. The van der Waals surface area contributed by atoms with Gasteiger partial charge in [-0.25, -0.2) is 9.78 Å². The van der Waals surface area contributed by atoms with Crippen LogP contribution in [-0.2, 0) is 5.41 Å². The van der Waals surface area contributed by atoms with Gasteiger partial charge in [0.15, 0.2) is 0 Å².